The van der Waals surface area contributed by atoms with Crippen LogP contribution in [-0.4, -0.2) is 47.9 Å². The number of rotatable bonds is 8. The van der Waals surface area contributed by atoms with Gasteiger partial charge in [0.1, 0.15) is 5.75 Å². The summed E-state index contributed by atoms with van der Waals surface area (Å²) in [6.45, 7) is 2.79. The van der Waals surface area contributed by atoms with Gasteiger partial charge in [-0.3, -0.25) is 14.5 Å². The monoisotopic (exact) mass is 388 g/mol. The third-order valence-corrected chi connectivity index (χ3v) is 5.00. The molecule has 2 aromatic rings. The number of piperidine rings is 1. The van der Waals surface area contributed by atoms with E-state index in [1.807, 2.05) is 23.6 Å². The Morgan fingerprint density at radius 2 is 1.89 bits per heavy atom. The number of ether oxygens (including phenoxy) is 1. The molecular weight excluding hydrogens is 364 g/mol. The average molecular weight is 388 g/mol. The summed E-state index contributed by atoms with van der Waals surface area (Å²) in [5.41, 5.74) is 0.970. The van der Waals surface area contributed by atoms with Gasteiger partial charge in [0, 0.05) is 11.9 Å². The molecule has 1 aliphatic rings. The van der Waals surface area contributed by atoms with Crippen molar-refractivity contribution < 1.29 is 14.3 Å². The molecular formula is C19H24N4O3S. The van der Waals surface area contributed by atoms with Crippen molar-refractivity contribution in [2.24, 2.45) is 0 Å². The number of nitrogens with one attached hydrogen (secondary N) is 2. The topological polar surface area (TPSA) is 83.6 Å². The summed E-state index contributed by atoms with van der Waals surface area (Å²) in [4.78, 5) is 30.6. The van der Waals surface area contributed by atoms with Gasteiger partial charge in [-0.1, -0.05) is 24.6 Å². The number of anilines is 1. The zero-order valence-corrected chi connectivity index (χ0v) is 16.0. The molecule has 2 N–H and O–H groups in total. The van der Waals surface area contributed by atoms with Gasteiger partial charge in [0.25, 0.3) is 5.91 Å². The molecule has 144 valence electrons. The highest BCUT2D eigenvalue weighted by atomic mass is 32.1. The predicted octanol–water partition coefficient (Wildman–Crippen LogP) is 2.26. The number of carbonyl (C=O) groups is 2. The fourth-order valence-corrected chi connectivity index (χ4v) is 3.56. The summed E-state index contributed by atoms with van der Waals surface area (Å²) in [6.07, 6.45) is 3.78. The van der Waals surface area contributed by atoms with E-state index >= 15 is 0 Å². The van der Waals surface area contributed by atoms with Crippen LogP contribution in [-0.2, 0) is 16.1 Å². The predicted molar refractivity (Wildman–Crippen MR) is 105 cm³/mol. The minimum Gasteiger partial charge on any atom is -0.484 e. The van der Waals surface area contributed by atoms with E-state index in [9.17, 15) is 9.59 Å². The highest BCUT2D eigenvalue weighted by Gasteiger charge is 2.13. The van der Waals surface area contributed by atoms with E-state index in [2.05, 4.69) is 20.5 Å². The van der Waals surface area contributed by atoms with Crippen molar-refractivity contribution in [1.82, 2.24) is 15.2 Å². The molecule has 2 heterocycles. The molecule has 1 aromatic carbocycles. The fraction of sp³-hybridized carbons (Fsp3) is 0.421. The number of hydrogen-bond acceptors (Lipinski definition) is 6. The molecule has 2 amide bonds. The number of nitrogens with zero attached hydrogens (tertiary/aromatic N) is 2. The van der Waals surface area contributed by atoms with Crippen LogP contribution in [0.25, 0.3) is 0 Å². The van der Waals surface area contributed by atoms with E-state index in [0.29, 0.717) is 10.9 Å². The Morgan fingerprint density at radius 1 is 1.11 bits per heavy atom. The lowest BCUT2D eigenvalue weighted by Crippen LogP contribution is -2.35. The highest BCUT2D eigenvalue weighted by molar-refractivity contribution is 7.13. The Hall–Kier alpha value is -2.45. The summed E-state index contributed by atoms with van der Waals surface area (Å²) in [5, 5.41) is 7.79. The molecule has 1 saturated heterocycles. The lowest BCUT2D eigenvalue weighted by atomic mass is 10.1. The van der Waals surface area contributed by atoms with E-state index < -0.39 is 0 Å². The first-order valence-electron chi connectivity index (χ1n) is 9.10. The lowest BCUT2D eigenvalue weighted by Gasteiger charge is -2.25. The highest BCUT2D eigenvalue weighted by Crippen LogP contribution is 2.18. The fourth-order valence-electron chi connectivity index (χ4n) is 2.84. The first-order valence-corrected chi connectivity index (χ1v) is 9.98. The van der Waals surface area contributed by atoms with Crippen molar-refractivity contribution in [1.29, 1.82) is 0 Å². The second-order valence-electron chi connectivity index (χ2n) is 6.41. The van der Waals surface area contributed by atoms with Crippen molar-refractivity contribution in [3.8, 4) is 5.75 Å². The van der Waals surface area contributed by atoms with Gasteiger partial charge in [-0.25, -0.2) is 4.98 Å². The lowest BCUT2D eigenvalue weighted by molar-refractivity contribution is -0.125. The summed E-state index contributed by atoms with van der Waals surface area (Å²) in [6, 6.07) is 9.06. The minimum atomic E-state index is -0.348. The molecule has 0 aliphatic carbocycles. The van der Waals surface area contributed by atoms with Crippen LogP contribution in [0.2, 0.25) is 0 Å². The largest absolute Gasteiger partial charge is 0.484 e. The van der Waals surface area contributed by atoms with Crippen molar-refractivity contribution >= 4 is 28.3 Å². The summed E-state index contributed by atoms with van der Waals surface area (Å²) < 4.78 is 5.34. The molecule has 0 atom stereocenters. The van der Waals surface area contributed by atoms with Crippen LogP contribution in [0.5, 0.6) is 5.75 Å². The smallest absolute Gasteiger partial charge is 0.258 e. The SMILES string of the molecule is O=C(COc1ccccc1)NCC(=O)Nc1nc(CN2CCCCC2)cs1. The second kappa shape index (κ2) is 10.0. The molecule has 0 radical (unpaired) electrons. The van der Waals surface area contributed by atoms with Gasteiger partial charge in [-0.15, -0.1) is 11.3 Å². The standard InChI is InChI=1S/C19H24N4O3S/c24-17(11-20-18(25)13-26-16-7-3-1-4-8-16)22-19-21-15(14-27-19)12-23-9-5-2-6-10-23/h1,3-4,7-8,14H,2,5-6,9-13H2,(H,20,25)(H,21,22,24). The number of likely N-dealkylation sites (tertiary alicyclic amines) is 1. The van der Waals surface area contributed by atoms with Crippen molar-refractivity contribution in [3.05, 3.63) is 41.4 Å². The number of carbonyl (C=O) groups excluding carboxylic acids is 2. The Balaban J connectivity index is 1.35. The zero-order valence-electron chi connectivity index (χ0n) is 15.1. The van der Waals surface area contributed by atoms with E-state index in [-0.39, 0.29) is 25.0 Å². The third kappa shape index (κ3) is 6.65. The van der Waals surface area contributed by atoms with Crippen LogP contribution in [0.4, 0.5) is 5.13 Å². The molecule has 8 heteroatoms. The number of thiazole rings is 1. The van der Waals surface area contributed by atoms with E-state index in [4.69, 9.17) is 4.74 Å². The Kier molecular flexibility index (Phi) is 7.18. The van der Waals surface area contributed by atoms with Crippen LogP contribution < -0.4 is 15.4 Å². The molecule has 3 rings (SSSR count). The average Bonchev–Trinajstić information content (AvgIpc) is 3.13. The number of amides is 2. The maximum absolute atomic E-state index is 12.0. The molecule has 0 bridgehead atoms. The molecule has 7 nitrogen and oxygen atoms in total. The van der Waals surface area contributed by atoms with Gasteiger partial charge < -0.3 is 15.4 Å². The van der Waals surface area contributed by atoms with Crippen molar-refractivity contribution in [2.45, 2.75) is 25.8 Å². The van der Waals surface area contributed by atoms with Gasteiger partial charge >= 0.3 is 0 Å². The first kappa shape index (κ1) is 19.3. The van der Waals surface area contributed by atoms with E-state index in [1.165, 1.54) is 30.6 Å². The first-order chi connectivity index (χ1) is 13.2. The molecule has 0 unspecified atom stereocenters. The molecule has 0 spiro atoms. The number of benzene rings is 1. The van der Waals surface area contributed by atoms with Gasteiger partial charge in [-0.05, 0) is 38.1 Å². The summed E-state index contributed by atoms with van der Waals surface area (Å²) in [5.74, 6) is -0.0398. The van der Waals surface area contributed by atoms with E-state index in [1.54, 1.807) is 12.1 Å². The second-order valence-corrected chi connectivity index (χ2v) is 7.27. The molecule has 1 aromatic heterocycles. The molecule has 27 heavy (non-hydrogen) atoms. The maximum atomic E-state index is 12.0. The maximum Gasteiger partial charge on any atom is 0.258 e. The van der Waals surface area contributed by atoms with Gasteiger partial charge in [0.05, 0.1) is 12.2 Å². The number of hydrogen-bond donors (Lipinski definition) is 2. The van der Waals surface area contributed by atoms with Crippen molar-refractivity contribution in [2.75, 3.05) is 31.6 Å². The zero-order chi connectivity index (χ0) is 18.9. The Bertz CT molecular complexity index is 744. The Labute approximate surface area is 162 Å². The number of para-hydroxylation sites is 1. The quantitative estimate of drug-likeness (QED) is 0.725. The summed E-state index contributed by atoms with van der Waals surface area (Å²) >= 11 is 1.40. The van der Waals surface area contributed by atoms with Gasteiger partial charge in [0.2, 0.25) is 5.91 Å². The Morgan fingerprint density at radius 3 is 2.67 bits per heavy atom. The van der Waals surface area contributed by atoms with Gasteiger partial charge in [-0.2, -0.15) is 0 Å². The van der Waals surface area contributed by atoms with Crippen LogP contribution in [0.3, 0.4) is 0 Å². The molecule has 0 saturated carbocycles. The normalized spacial score (nSPS) is 14.5. The third-order valence-electron chi connectivity index (χ3n) is 4.19. The van der Waals surface area contributed by atoms with Crippen LogP contribution >= 0.6 is 11.3 Å². The summed E-state index contributed by atoms with van der Waals surface area (Å²) in [7, 11) is 0. The van der Waals surface area contributed by atoms with E-state index in [0.717, 1.165) is 25.3 Å². The van der Waals surface area contributed by atoms with Crippen LogP contribution in [0.15, 0.2) is 35.7 Å². The molecule has 1 aliphatic heterocycles. The van der Waals surface area contributed by atoms with Gasteiger partial charge in [0.15, 0.2) is 11.7 Å². The molecule has 1 fully saturated rings. The number of aromatic nitrogens is 1. The van der Waals surface area contributed by atoms with Crippen LogP contribution in [0.1, 0.15) is 25.0 Å². The van der Waals surface area contributed by atoms with Crippen LogP contribution in [0, 0.1) is 0 Å². The minimum absolute atomic E-state index is 0.113. The van der Waals surface area contributed by atoms with Crippen molar-refractivity contribution in [3.63, 3.8) is 0 Å².